The van der Waals surface area contributed by atoms with Crippen molar-refractivity contribution in [3.05, 3.63) is 29.3 Å². The first-order valence-corrected chi connectivity index (χ1v) is 7.48. The first-order chi connectivity index (χ1) is 9.41. The van der Waals surface area contributed by atoms with Gasteiger partial charge in [-0.1, -0.05) is 32.9 Å². The molecular weight excluding hydrogens is 248 g/mol. The van der Waals surface area contributed by atoms with E-state index in [0.29, 0.717) is 0 Å². The molecule has 20 heavy (non-hydrogen) atoms. The van der Waals surface area contributed by atoms with Gasteiger partial charge in [0.05, 0.1) is 7.11 Å². The molecule has 0 bridgehead atoms. The number of methoxy groups -OCH3 is 1. The van der Waals surface area contributed by atoms with Crippen LogP contribution in [0.15, 0.2) is 18.2 Å². The number of hydrogen-bond acceptors (Lipinski definition) is 3. The van der Waals surface area contributed by atoms with Crippen LogP contribution >= 0.6 is 0 Å². The summed E-state index contributed by atoms with van der Waals surface area (Å²) in [6.45, 7) is 12.6. The lowest BCUT2D eigenvalue weighted by molar-refractivity contribution is 0.176. The van der Waals surface area contributed by atoms with Crippen molar-refractivity contribution in [2.24, 2.45) is 11.1 Å². The van der Waals surface area contributed by atoms with Crippen LogP contribution in [0.2, 0.25) is 0 Å². The summed E-state index contributed by atoms with van der Waals surface area (Å²) in [7, 11) is 1.72. The first-order valence-electron chi connectivity index (χ1n) is 7.48. The molecule has 114 valence electrons. The normalized spacial score (nSPS) is 11.9. The zero-order valence-electron chi connectivity index (χ0n) is 13.7. The maximum atomic E-state index is 5.86. The van der Waals surface area contributed by atoms with Gasteiger partial charge < -0.3 is 10.5 Å². The zero-order valence-corrected chi connectivity index (χ0v) is 13.7. The molecule has 0 heterocycles. The SMILES string of the molecule is CCCN(Cc1ccc(OC)c(C)c1)CC(C)(C)CN. The molecule has 0 aliphatic rings. The highest BCUT2D eigenvalue weighted by molar-refractivity contribution is 5.36. The van der Waals surface area contributed by atoms with Gasteiger partial charge in [0.2, 0.25) is 0 Å². The largest absolute Gasteiger partial charge is 0.496 e. The van der Waals surface area contributed by atoms with E-state index in [-0.39, 0.29) is 5.41 Å². The van der Waals surface area contributed by atoms with Crippen molar-refractivity contribution >= 4 is 0 Å². The van der Waals surface area contributed by atoms with Gasteiger partial charge in [0.25, 0.3) is 0 Å². The predicted molar refractivity (Wildman–Crippen MR) is 86.1 cm³/mol. The van der Waals surface area contributed by atoms with Gasteiger partial charge in [-0.15, -0.1) is 0 Å². The van der Waals surface area contributed by atoms with E-state index in [9.17, 15) is 0 Å². The second-order valence-corrected chi connectivity index (χ2v) is 6.38. The number of hydrogen-bond donors (Lipinski definition) is 1. The Morgan fingerprint density at radius 1 is 1.30 bits per heavy atom. The highest BCUT2D eigenvalue weighted by Gasteiger charge is 2.20. The molecule has 0 aliphatic heterocycles. The Balaban J connectivity index is 2.77. The smallest absolute Gasteiger partial charge is 0.121 e. The summed E-state index contributed by atoms with van der Waals surface area (Å²) >= 11 is 0. The molecule has 0 atom stereocenters. The topological polar surface area (TPSA) is 38.5 Å². The van der Waals surface area contributed by atoms with Crippen LogP contribution in [0.1, 0.15) is 38.3 Å². The number of rotatable bonds is 8. The van der Waals surface area contributed by atoms with Crippen LogP contribution in [0.3, 0.4) is 0 Å². The van der Waals surface area contributed by atoms with Crippen LogP contribution in [0.5, 0.6) is 5.75 Å². The van der Waals surface area contributed by atoms with E-state index in [4.69, 9.17) is 10.5 Å². The average Bonchev–Trinajstić information content (AvgIpc) is 2.39. The fourth-order valence-electron chi connectivity index (χ4n) is 2.50. The fraction of sp³-hybridized carbons (Fsp3) is 0.647. The predicted octanol–water partition coefficient (Wildman–Crippen LogP) is 3.20. The molecule has 0 saturated carbocycles. The molecule has 1 rings (SSSR count). The molecule has 0 saturated heterocycles. The Labute approximate surface area is 124 Å². The quantitative estimate of drug-likeness (QED) is 0.793. The van der Waals surface area contributed by atoms with Gasteiger partial charge in [0.1, 0.15) is 5.75 Å². The summed E-state index contributed by atoms with van der Waals surface area (Å²) in [4.78, 5) is 2.49. The Bertz CT molecular complexity index is 415. The molecular formula is C17H30N2O. The summed E-state index contributed by atoms with van der Waals surface area (Å²) in [6.07, 6.45) is 1.16. The summed E-state index contributed by atoms with van der Waals surface area (Å²) in [5, 5.41) is 0. The van der Waals surface area contributed by atoms with Crippen molar-refractivity contribution in [1.29, 1.82) is 0 Å². The van der Waals surface area contributed by atoms with Gasteiger partial charge >= 0.3 is 0 Å². The summed E-state index contributed by atoms with van der Waals surface area (Å²) in [6, 6.07) is 6.43. The molecule has 0 unspecified atom stereocenters. The second kappa shape index (κ2) is 7.65. The Morgan fingerprint density at radius 3 is 2.50 bits per heavy atom. The van der Waals surface area contributed by atoms with Crippen LogP contribution in [0, 0.1) is 12.3 Å². The first kappa shape index (κ1) is 17.0. The molecule has 3 nitrogen and oxygen atoms in total. The third-order valence-electron chi connectivity index (χ3n) is 3.61. The molecule has 1 aromatic carbocycles. The van der Waals surface area contributed by atoms with E-state index >= 15 is 0 Å². The van der Waals surface area contributed by atoms with Crippen LogP contribution in [-0.4, -0.2) is 31.6 Å². The molecule has 0 fully saturated rings. The Kier molecular flexibility index (Phi) is 6.50. The number of benzene rings is 1. The van der Waals surface area contributed by atoms with Gasteiger partial charge in [-0.05, 0) is 49.0 Å². The second-order valence-electron chi connectivity index (χ2n) is 6.38. The van der Waals surface area contributed by atoms with Crippen molar-refractivity contribution in [1.82, 2.24) is 4.90 Å². The van der Waals surface area contributed by atoms with Gasteiger partial charge in [-0.3, -0.25) is 4.90 Å². The minimum Gasteiger partial charge on any atom is -0.496 e. The van der Waals surface area contributed by atoms with E-state index in [1.165, 1.54) is 11.1 Å². The number of nitrogens with zero attached hydrogens (tertiary/aromatic N) is 1. The van der Waals surface area contributed by atoms with E-state index in [1.807, 2.05) is 0 Å². The lowest BCUT2D eigenvalue weighted by Gasteiger charge is -2.31. The lowest BCUT2D eigenvalue weighted by Crippen LogP contribution is -2.38. The molecule has 0 aliphatic carbocycles. The summed E-state index contributed by atoms with van der Waals surface area (Å²) in [5.74, 6) is 0.957. The molecule has 0 spiro atoms. The third kappa shape index (κ3) is 5.14. The van der Waals surface area contributed by atoms with Crippen molar-refractivity contribution in [2.45, 2.75) is 40.7 Å². The maximum Gasteiger partial charge on any atom is 0.121 e. The van der Waals surface area contributed by atoms with Crippen molar-refractivity contribution in [3.8, 4) is 5.75 Å². The number of aryl methyl sites for hydroxylation is 1. The van der Waals surface area contributed by atoms with Gasteiger partial charge in [0, 0.05) is 13.1 Å². The van der Waals surface area contributed by atoms with Gasteiger partial charge in [0.15, 0.2) is 0 Å². The van der Waals surface area contributed by atoms with Crippen molar-refractivity contribution in [3.63, 3.8) is 0 Å². The molecule has 1 aromatic rings. The summed E-state index contributed by atoms with van der Waals surface area (Å²) < 4.78 is 5.32. The maximum absolute atomic E-state index is 5.86. The van der Waals surface area contributed by atoms with Gasteiger partial charge in [-0.2, -0.15) is 0 Å². The van der Waals surface area contributed by atoms with E-state index in [0.717, 1.165) is 38.3 Å². The van der Waals surface area contributed by atoms with Crippen LogP contribution < -0.4 is 10.5 Å². The number of ether oxygens (including phenoxy) is 1. The standard InChI is InChI=1S/C17H30N2O/c1-6-9-19(13-17(3,4)12-18)11-15-7-8-16(20-5)14(2)10-15/h7-8,10H,6,9,11-13,18H2,1-5H3. The van der Waals surface area contributed by atoms with Crippen LogP contribution in [0.4, 0.5) is 0 Å². The van der Waals surface area contributed by atoms with Gasteiger partial charge in [-0.25, -0.2) is 0 Å². The third-order valence-corrected chi connectivity index (χ3v) is 3.61. The van der Waals surface area contributed by atoms with Crippen molar-refractivity contribution < 1.29 is 4.74 Å². The van der Waals surface area contributed by atoms with Crippen molar-refractivity contribution in [2.75, 3.05) is 26.7 Å². The number of nitrogens with two attached hydrogens (primary N) is 1. The van der Waals surface area contributed by atoms with Crippen LogP contribution in [-0.2, 0) is 6.54 Å². The lowest BCUT2D eigenvalue weighted by atomic mass is 9.92. The summed E-state index contributed by atoms with van der Waals surface area (Å²) in [5.41, 5.74) is 8.56. The zero-order chi connectivity index (χ0) is 15.2. The highest BCUT2D eigenvalue weighted by atomic mass is 16.5. The van der Waals surface area contributed by atoms with E-state index in [2.05, 4.69) is 50.8 Å². The Hall–Kier alpha value is -1.06. The van der Waals surface area contributed by atoms with Crippen LogP contribution in [0.25, 0.3) is 0 Å². The monoisotopic (exact) mass is 278 g/mol. The molecule has 0 radical (unpaired) electrons. The fourth-order valence-corrected chi connectivity index (χ4v) is 2.50. The highest BCUT2D eigenvalue weighted by Crippen LogP contribution is 2.21. The average molecular weight is 278 g/mol. The Morgan fingerprint density at radius 2 is 2.00 bits per heavy atom. The minimum absolute atomic E-state index is 0.163. The molecule has 0 amide bonds. The van der Waals surface area contributed by atoms with E-state index in [1.54, 1.807) is 7.11 Å². The molecule has 3 heteroatoms. The molecule has 0 aromatic heterocycles. The molecule has 2 N–H and O–H groups in total. The van der Waals surface area contributed by atoms with E-state index < -0.39 is 0 Å². The minimum atomic E-state index is 0.163.